The van der Waals surface area contributed by atoms with Crippen molar-refractivity contribution in [1.82, 2.24) is 14.5 Å². The van der Waals surface area contributed by atoms with Crippen molar-refractivity contribution in [3.63, 3.8) is 0 Å². The van der Waals surface area contributed by atoms with Gasteiger partial charge in [-0.3, -0.25) is 4.79 Å². The third-order valence-electron chi connectivity index (χ3n) is 3.71. The van der Waals surface area contributed by atoms with E-state index in [4.69, 9.17) is 9.47 Å². The smallest absolute Gasteiger partial charge is 0.381 e. The van der Waals surface area contributed by atoms with Gasteiger partial charge < -0.3 is 24.2 Å². The molecule has 0 radical (unpaired) electrons. The number of hydrogen-bond donors (Lipinski definition) is 0. The normalized spacial score (nSPS) is 11.1. The first-order valence-corrected chi connectivity index (χ1v) is 9.73. The molecule has 0 unspecified atom stereocenters. The van der Waals surface area contributed by atoms with Crippen LogP contribution in [0.5, 0.6) is 11.8 Å². The molecular weight excluding hydrogens is 394 g/mol. The van der Waals surface area contributed by atoms with Crippen LogP contribution < -0.4 is 13.8 Å². The Morgan fingerprint density at radius 3 is 2.46 bits per heavy atom. The Bertz CT molecular complexity index is 1000. The van der Waals surface area contributed by atoms with Gasteiger partial charge in [-0.25, -0.2) is 12.7 Å². The lowest BCUT2D eigenvalue weighted by Gasteiger charge is -2.22. The molecule has 0 aliphatic carbocycles. The lowest BCUT2D eigenvalue weighted by molar-refractivity contribution is -0.389. The number of aromatic nitrogens is 3. The summed E-state index contributed by atoms with van der Waals surface area (Å²) in [6.45, 7) is 1.55. The number of aryl methyl sites for hydroxylation is 2. The minimum atomic E-state index is -4.00. The molecule has 12 nitrogen and oxygen atoms in total. The Hall–Kier alpha value is -3.22. The molecule has 0 spiro atoms. The molecule has 0 N–H and O–H groups in total. The lowest BCUT2D eigenvalue weighted by atomic mass is 10.3. The quantitative estimate of drug-likeness (QED) is 0.454. The second-order valence-electron chi connectivity index (χ2n) is 5.65. The highest BCUT2D eigenvalue weighted by atomic mass is 32.2. The van der Waals surface area contributed by atoms with Crippen molar-refractivity contribution in [1.29, 1.82) is 0 Å². The van der Waals surface area contributed by atoms with Gasteiger partial charge in [-0.15, -0.1) is 0 Å². The average molecular weight is 413 g/mol. The Kier molecular flexibility index (Phi) is 6.18. The molecule has 13 heteroatoms. The number of anilines is 1. The molecule has 0 aliphatic rings. The standard InChI is InChI=1S/C15H19N5O7S/c1-10-16-12(20(22)23)9-18(10)8-7-14(21)19(28(4,24)25)11-5-6-13(26-2)17-15(11)27-3/h5-6,9H,7-8H2,1-4H3. The first-order valence-electron chi connectivity index (χ1n) is 7.88. The van der Waals surface area contributed by atoms with Crippen LogP contribution in [0.15, 0.2) is 18.3 Å². The lowest BCUT2D eigenvalue weighted by Crippen LogP contribution is -2.37. The van der Waals surface area contributed by atoms with Gasteiger partial charge in [0.05, 0.1) is 20.5 Å². The van der Waals surface area contributed by atoms with Gasteiger partial charge in [0.15, 0.2) is 0 Å². The van der Waals surface area contributed by atoms with E-state index in [1.54, 1.807) is 6.92 Å². The molecule has 2 aromatic rings. The van der Waals surface area contributed by atoms with E-state index in [1.165, 1.54) is 37.1 Å². The number of carbonyl (C=O) groups excluding carboxylic acids is 1. The first-order chi connectivity index (χ1) is 13.1. The summed E-state index contributed by atoms with van der Waals surface area (Å²) in [5.74, 6) is -0.709. The molecule has 1 amide bonds. The summed E-state index contributed by atoms with van der Waals surface area (Å²) in [4.78, 5) is 30.6. The Morgan fingerprint density at radius 2 is 1.96 bits per heavy atom. The van der Waals surface area contributed by atoms with Crippen LogP contribution >= 0.6 is 0 Å². The summed E-state index contributed by atoms with van der Waals surface area (Å²) in [5, 5.41) is 10.8. The predicted octanol–water partition coefficient (Wildman–Crippen LogP) is 0.895. The van der Waals surface area contributed by atoms with Crippen LogP contribution in [0, 0.1) is 17.0 Å². The number of imidazole rings is 1. The molecule has 2 aromatic heterocycles. The Labute approximate surface area is 160 Å². The van der Waals surface area contributed by atoms with Crippen LogP contribution in [-0.4, -0.2) is 54.3 Å². The number of carbonyl (C=O) groups is 1. The van der Waals surface area contributed by atoms with Gasteiger partial charge in [0, 0.05) is 26.0 Å². The highest BCUT2D eigenvalue weighted by Crippen LogP contribution is 2.31. The largest absolute Gasteiger partial charge is 0.481 e. The third kappa shape index (κ3) is 4.54. The van der Waals surface area contributed by atoms with Gasteiger partial charge in [-0.1, -0.05) is 0 Å². The Morgan fingerprint density at radius 1 is 1.29 bits per heavy atom. The van der Waals surface area contributed by atoms with E-state index in [9.17, 15) is 23.3 Å². The maximum absolute atomic E-state index is 12.7. The molecule has 2 rings (SSSR count). The average Bonchev–Trinajstić information content (AvgIpc) is 3.00. The molecule has 152 valence electrons. The molecule has 0 saturated heterocycles. The number of amides is 1. The summed E-state index contributed by atoms with van der Waals surface area (Å²) >= 11 is 0. The van der Waals surface area contributed by atoms with E-state index < -0.39 is 20.9 Å². The number of rotatable bonds is 8. The molecule has 0 aliphatic heterocycles. The van der Waals surface area contributed by atoms with E-state index in [0.717, 1.165) is 6.26 Å². The van der Waals surface area contributed by atoms with Crippen molar-refractivity contribution < 1.29 is 27.6 Å². The van der Waals surface area contributed by atoms with E-state index >= 15 is 0 Å². The highest BCUT2D eigenvalue weighted by Gasteiger charge is 2.29. The van der Waals surface area contributed by atoms with E-state index in [1.807, 2.05) is 0 Å². The number of nitro groups is 1. The van der Waals surface area contributed by atoms with Crippen molar-refractivity contribution in [2.75, 3.05) is 24.8 Å². The number of nitrogens with zero attached hydrogens (tertiary/aromatic N) is 5. The zero-order chi connectivity index (χ0) is 21.1. The molecule has 0 fully saturated rings. The second kappa shape index (κ2) is 8.21. The Balaban J connectivity index is 2.32. The van der Waals surface area contributed by atoms with Crippen molar-refractivity contribution in [3.8, 4) is 11.8 Å². The second-order valence-corrected chi connectivity index (χ2v) is 7.48. The van der Waals surface area contributed by atoms with Crippen molar-refractivity contribution in [2.45, 2.75) is 19.9 Å². The zero-order valence-corrected chi connectivity index (χ0v) is 16.5. The fourth-order valence-corrected chi connectivity index (χ4v) is 3.41. The highest BCUT2D eigenvalue weighted by molar-refractivity contribution is 7.92. The monoisotopic (exact) mass is 413 g/mol. The fraction of sp³-hybridized carbons (Fsp3) is 0.400. The SMILES string of the molecule is COc1ccc(N(C(=O)CCn2cc([N+](=O)[O-])nc2C)S(C)(=O)=O)c(OC)n1. The van der Waals surface area contributed by atoms with Crippen molar-refractivity contribution >= 4 is 27.4 Å². The van der Waals surface area contributed by atoms with Gasteiger partial charge >= 0.3 is 5.82 Å². The van der Waals surface area contributed by atoms with E-state index in [0.29, 0.717) is 10.1 Å². The maximum atomic E-state index is 12.7. The molecular formula is C15H19N5O7S. The predicted molar refractivity (Wildman–Crippen MR) is 97.9 cm³/mol. The van der Waals surface area contributed by atoms with Crippen molar-refractivity contribution in [3.05, 3.63) is 34.3 Å². The van der Waals surface area contributed by atoms with Gasteiger partial charge in [0.2, 0.25) is 33.5 Å². The number of pyridine rings is 1. The van der Waals surface area contributed by atoms with Crippen LogP contribution in [-0.2, 0) is 21.4 Å². The van der Waals surface area contributed by atoms with Gasteiger partial charge in [0.1, 0.15) is 11.9 Å². The van der Waals surface area contributed by atoms with Crippen LogP contribution in [0.2, 0.25) is 0 Å². The fourth-order valence-electron chi connectivity index (χ4n) is 2.46. The minimum Gasteiger partial charge on any atom is -0.481 e. The summed E-state index contributed by atoms with van der Waals surface area (Å²) in [7, 11) is -1.34. The summed E-state index contributed by atoms with van der Waals surface area (Å²) < 4.78 is 36.5. The first kappa shape index (κ1) is 21.1. The van der Waals surface area contributed by atoms with Gasteiger partial charge in [-0.2, -0.15) is 4.98 Å². The maximum Gasteiger partial charge on any atom is 0.381 e. The third-order valence-corrected chi connectivity index (χ3v) is 4.77. The molecule has 2 heterocycles. The molecule has 0 bridgehead atoms. The number of hydrogen-bond acceptors (Lipinski definition) is 9. The molecule has 0 saturated carbocycles. The summed E-state index contributed by atoms with van der Waals surface area (Å²) in [5.41, 5.74) is -0.0656. The van der Waals surface area contributed by atoms with Crippen LogP contribution in [0.25, 0.3) is 0 Å². The topological polar surface area (TPSA) is 147 Å². The zero-order valence-electron chi connectivity index (χ0n) is 15.6. The van der Waals surface area contributed by atoms with Gasteiger partial charge in [-0.05, 0) is 16.0 Å². The van der Waals surface area contributed by atoms with Crippen molar-refractivity contribution in [2.24, 2.45) is 0 Å². The summed E-state index contributed by atoms with van der Waals surface area (Å²) in [6.07, 6.45) is 1.81. The van der Waals surface area contributed by atoms with Crippen LogP contribution in [0.1, 0.15) is 12.2 Å². The van der Waals surface area contributed by atoms with Gasteiger partial charge in [0.25, 0.3) is 0 Å². The molecule has 0 aromatic carbocycles. The number of ether oxygens (including phenoxy) is 2. The van der Waals surface area contributed by atoms with E-state index in [2.05, 4.69) is 9.97 Å². The molecule has 0 atom stereocenters. The number of sulfonamides is 1. The molecule has 28 heavy (non-hydrogen) atoms. The minimum absolute atomic E-state index is 0.00340. The number of methoxy groups -OCH3 is 2. The van der Waals surface area contributed by atoms with E-state index in [-0.39, 0.29) is 36.2 Å². The summed E-state index contributed by atoms with van der Waals surface area (Å²) in [6, 6.07) is 2.74. The van der Waals surface area contributed by atoms with Crippen LogP contribution in [0.4, 0.5) is 11.5 Å². The van der Waals surface area contributed by atoms with Crippen LogP contribution in [0.3, 0.4) is 0 Å².